The van der Waals surface area contributed by atoms with Gasteiger partial charge in [-0.15, -0.1) is 0 Å². The van der Waals surface area contributed by atoms with E-state index in [2.05, 4.69) is 41.5 Å². The number of aliphatic hydroxyl groups excluding tert-OH is 1. The van der Waals surface area contributed by atoms with Gasteiger partial charge in [0.25, 0.3) is 0 Å². The Balaban J connectivity index is 5.13. The van der Waals surface area contributed by atoms with E-state index < -0.39 is 97.5 Å². The van der Waals surface area contributed by atoms with Crippen LogP contribution in [0.4, 0.5) is 0 Å². The maximum Gasteiger partial charge on any atom is 0.472 e. The Labute approximate surface area is 549 Å². The summed E-state index contributed by atoms with van der Waals surface area (Å²) in [6.45, 7) is 9.43. The lowest BCUT2D eigenvalue weighted by Crippen LogP contribution is -2.30. The van der Waals surface area contributed by atoms with Gasteiger partial charge in [0.2, 0.25) is 0 Å². The Kier molecular flexibility index (Phi) is 61.8. The lowest BCUT2D eigenvalue weighted by molar-refractivity contribution is -0.161. The molecular formula is C71H138O17P2. The van der Waals surface area contributed by atoms with Crippen LogP contribution in [0.25, 0.3) is 0 Å². The Hall–Kier alpha value is -1.94. The SMILES string of the molecule is CCCCCCCCCCCCCCCCCCCCCCCC(=O)O[C@H](COC(=O)CCCCCCCCCCC(C)C)COP(=O)(O)OC[C@@H](O)COP(=O)(O)OC[C@@H](COC(=O)CCCCCCCCC)OC(=O)CCCCCCCCCCC(C)C. The molecule has 17 nitrogen and oxygen atoms in total. The lowest BCUT2D eigenvalue weighted by Gasteiger charge is -2.21. The number of ether oxygens (including phenoxy) is 4. The summed E-state index contributed by atoms with van der Waals surface area (Å²) in [6.07, 6.45) is 49.0. The molecule has 2 unspecified atom stereocenters. The van der Waals surface area contributed by atoms with Gasteiger partial charge in [0.15, 0.2) is 12.2 Å². The molecule has 90 heavy (non-hydrogen) atoms. The molecule has 0 aliphatic heterocycles. The lowest BCUT2D eigenvalue weighted by atomic mass is 10.0. The molecule has 3 N–H and O–H groups in total. The van der Waals surface area contributed by atoms with E-state index in [-0.39, 0.29) is 25.7 Å². The topological polar surface area (TPSA) is 237 Å². The monoisotopic (exact) mass is 1320 g/mol. The van der Waals surface area contributed by atoms with E-state index in [1.807, 2.05) is 0 Å². The van der Waals surface area contributed by atoms with Crippen molar-refractivity contribution >= 4 is 39.5 Å². The minimum Gasteiger partial charge on any atom is -0.462 e. The fourth-order valence-corrected chi connectivity index (χ4v) is 12.3. The van der Waals surface area contributed by atoms with Crippen LogP contribution in [0.5, 0.6) is 0 Å². The number of phosphoric acid groups is 2. The third kappa shape index (κ3) is 64.8. The highest BCUT2D eigenvalue weighted by Gasteiger charge is 2.30. The average Bonchev–Trinajstić information content (AvgIpc) is 3.61. The molecule has 19 heteroatoms. The van der Waals surface area contributed by atoms with Crippen molar-refractivity contribution in [3.05, 3.63) is 0 Å². The van der Waals surface area contributed by atoms with Gasteiger partial charge in [0.05, 0.1) is 26.4 Å². The first kappa shape index (κ1) is 88.1. The molecule has 534 valence electrons. The fraction of sp³-hybridized carbons (Fsp3) is 0.944. The van der Waals surface area contributed by atoms with E-state index in [4.69, 9.17) is 37.0 Å². The molecule has 0 rings (SSSR count). The Morgan fingerprint density at radius 1 is 0.300 bits per heavy atom. The molecule has 0 aromatic rings. The molecule has 0 bridgehead atoms. The van der Waals surface area contributed by atoms with Crippen molar-refractivity contribution in [1.29, 1.82) is 0 Å². The van der Waals surface area contributed by atoms with E-state index in [1.54, 1.807) is 0 Å². The van der Waals surface area contributed by atoms with Crippen LogP contribution in [0.15, 0.2) is 0 Å². The minimum atomic E-state index is -4.95. The molecule has 0 aliphatic carbocycles. The summed E-state index contributed by atoms with van der Waals surface area (Å²) in [7, 11) is -9.89. The third-order valence-corrected chi connectivity index (χ3v) is 18.4. The summed E-state index contributed by atoms with van der Waals surface area (Å²) in [5.41, 5.74) is 0. The predicted molar refractivity (Wildman–Crippen MR) is 363 cm³/mol. The summed E-state index contributed by atoms with van der Waals surface area (Å²) in [5, 5.41) is 10.6. The number of unbranched alkanes of at least 4 members (excludes halogenated alkanes) is 40. The van der Waals surface area contributed by atoms with Gasteiger partial charge < -0.3 is 33.8 Å². The van der Waals surface area contributed by atoms with Crippen molar-refractivity contribution in [2.75, 3.05) is 39.6 Å². The largest absolute Gasteiger partial charge is 0.472 e. The average molecular weight is 1330 g/mol. The van der Waals surface area contributed by atoms with Crippen LogP contribution in [0, 0.1) is 11.8 Å². The van der Waals surface area contributed by atoms with Crippen molar-refractivity contribution in [3.63, 3.8) is 0 Å². The van der Waals surface area contributed by atoms with Crippen molar-refractivity contribution < 1.29 is 80.2 Å². The van der Waals surface area contributed by atoms with E-state index in [0.717, 1.165) is 115 Å². The number of carbonyl (C=O) groups is 4. The highest BCUT2D eigenvalue weighted by Crippen LogP contribution is 2.45. The maximum atomic E-state index is 13.0. The number of hydrogen-bond acceptors (Lipinski definition) is 15. The first-order chi connectivity index (χ1) is 43.4. The second-order valence-corrected chi connectivity index (χ2v) is 29.5. The molecule has 0 radical (unpaired) electrons. The van der Waals surface area contributed by atoms with Gasteiger partial charge in [-0.25, -0.2) is 9.13 Å². The van der Waals surface area contributed by atoms with Crippen molar-refractivity contribution in [1.82, 2.24) is 0 Å². The van der Waals surface area contributed by atoms with Crippen LogP contribution in [0.3, 0.4) is 0 Å². The van der Waals surface area contributed by atoms with Crippen LogP contribution in [-0.2, 0) is 65.4 Å². The number of esters is 4. The summed E-state index contributed by atoms with van der Waals surface area (Å²) >= 11 is 0. The molecule has 0 aliphatic rings. The third-order valence-electron chi connectivity index (χ3n) is 16.5. The van der Waals surface area contributed by atoms with Gasteiger partial charge in [-0.3, -0.25) is 37.3 Å². The standard InChI is InChI=1S/C71H138O17P2/c1-7-9-11-13-15-16-17-18-19-20-21-22-23-24-25-26-27-28-37-43-49-55-70(75)87-67(60-82-69(74)54-48-42-36-31-29-34-39-45-51-63(3)4)62-86-90(79,80)84-58-65(72)57-83-89(77,78)85-61-66(59-81-68(73)53-47-41-33-14-12-10-8-2)88-71(76)56-50-44-38-32-30-35-40-46-52-64(5)6/h63-67,72H,7-62H2,1-6H3,(H,77,78)(H,79,80)/t65-,66+,67+/m0/s1. The first-order valence-electron chi connectivity index (χ1n) is 37.0. The van der Waals surface area contributed by atoms with Crippen LogP contribution in [0.2, 0.25) is 0 Å². The van der Waals surface area contributed by atoms with Crippen molar-refractivity contribution in [2.24, 2.45) is 11.8 Å². The molecule has 0 saturated carbocycles. The van der Waals surface area contributed by atoms with Crippen LogP contribution in [-0.4, -0.2) is 96.7 Å². The van der Waals surface area contributed by atoms with Crippen LogP contribution < -0.4 is 0 Å². The van der Waals surface area contributed by atoms with Gasteiger partial charge in [0.1, 0.15) is 19.3 Å². The number of rotatable bonds is 70. The second kappa shape index (κ2) is 63.1. The Morgan fingerprint density at radius 2 is 0.511 bits per heavy atom. The van der Waals surface area contributed by atoms with Gasteiger partial charge >= 0.3 is 39.5 Å². The fourth-order valence-electron chi connectivity index (χ4n) is 10.8. The first-order valence-corrected chi connectivity index (χ1v) is 40.0. The van der Waals surface area contributed by atoms with E-state index in [1.165, 1.54) is 167 Å². The zero-order chi connectivity index (χ0) is 66.5. The van der Waals surface area contributed by atoms with Crippen molar-refractivity contribution in [2.45, 2.75) is 381 Å². The van der Waals surface area contributed by atoms with Crippen LogP contribution >= 0.6 is 15.6 Å². The van der Waals surface area contributed by atoms with Crippen LogP contribution in [0.1, 0.15) is 363 Å². The zero-order valence-corrected chi connectivity index (χ0v) is 60.2. The van der Waals surface area contributed by atoms with Gasteiger partial charge in [0, 0.05) is 25.7 Å². The molecule has 0 saturated heterocycles. The summed E-state index contributed by atoms with van der Waals surface area (Å²) < 4.78 is 68.2. The van der Waals surface area contributed by atoms with Crippen molar-refractivity contribution in [3.8, 4) is 0 Å². The highest BCUT2D eigenvalue weighted by atomic mass is 31.2. The highest BCUT2D eigenvalue weighted by molar-refractivity contribution is 7.47. The Bertz CT molecular complexity index is 1750. The predicted octanol–water partition coefficient (Wildman–Crippen LogP) is 20.4. The van der Waals surface area contributed by atoms with E-state index >= 15 is 0 Å². The molecule has 0 aromatic carbocycles. The molecular weight excluding hydrogens is 1190 g/mol. The quantitative estimate of drug-likeness (QED) is 0.0222. The number of phosphoric ester groups is 2. The Morgan fingerprint density at radius 3 is 0.756 bits per heavy atom. The zero-order valence-electron chi connectivity index (χ0n) is 58.4. The van der Waals surface area contributed by atoms with Gasteiger partial charge in [-0.05, 0) is 37.5 Å². The molecule has 5 atom stereocenters. The van der Waals surface area contributed by atoms with E-state index in [9.17, 15) is 43.2 Å². The molecule has 0 aromatic heterocycles. The van der Waals surface area contributed by atoms with E-state index in [0.29, 0.717) is 25.7 Å². The molecule has 0 spiro atoms. The summed E-state index contributed by atoms with van der Waals surface area (Å²) in [6, 6.07) is 0. The van der Waals surface area contributed by atoms with Gasteiger partial charge in [-0.2, -0.15) is 0 Å². The number of carbonyl (C=O) groups excluding carboxylic acids is 4. The molecule has 0 fully saturated rings. The van der Waals surface area contributed by atoms with Gasteiger partial charge in [-0.1, -0.05) is 311 Å². The normalized spacial score (nSPS) is 14.1. The molecule has 0 amide bonds. The maximum absolute atomic E-state index is 13.0. The number of aliphatic hydroxyl groups is 1. The summed E-state index contributed by atoms with van der Waals surface area (Å²) in [5.74, 6) is -0.687. The second-order valence-electron chi connectivity index (χ2n) is 26.6. The smallest absolute Gasteiger partial charge is 0.462 e. The molecule has 0 heterocycles. The number of hydrogen-bond donors (Lipinski definition) is 3. The minimum absolute atomic E-state index is 0.104. The summed E-state index contributed by atoms with van der Waals surface area (Å²) in [4.78, 5) is 72.4.